The summed E-state index contributed by atoms with van der Waals surface area (Å²) in [6.45, 7) is 4.10. The van der Waals surface area contributed by atoms with Crippen LogP contribution in [-0.2, 0) is 7.05 Å². The first-order valence-electron chi connectivity index (χ1n) is 8.88. The van der Waals surface area contributed by atoms with Gasteiger partial charge in [-0.3, -0.25) is 9.59 Å². The maximum Gasteiger partial charge on any atom is 0.271 e. The van der Waals surface area contributed by atoms with Gasteiger partial charge in [0.1, 0.15) is 11.4 Å². The number of nitrogens with one attached hydrogen (secondary N) is 3. The van der Waals surface area contributed by atoms with Crippen molar-refractivity contribution in [3.8, 4) is 5.75 Å². The number of aryl methyl sites for hydroxylation is 1. The monoisotopic (exact) mass is 356 g/mol. The summed E-state index contributed by atoms with van der Waals surface area (Å²) in [5.74, 6) is 0.637. The quantitative estimate of drug-likeness (QED) is 0.719. The highest BCUT2D eigenvalue weighted by Gasteiger charge is 2.60. The van der Waals surface area contributed by atoms with Crippen LogP contribution in [0.2, 0.25) is 0 Å². The van der Waals surface area contributed by atoms with Crippen molar-refractivity contribution in [1.29, 1.82) is 0 Å². The van der Waals surface area contributed by atoms with E-state index in [4.69, 9.17) is 4.74 Å². The SMILES string of the molecule is Cc1cc(OCC23CNC(CNc4ccc[nH]c4=O)(C2)C3)cc(=O)n1C. The fourth-order valence-electron chi connectivity index (χ4n) is 4.23. The van der Waals surface area contributed by atoms with Gasteiger partial charge in [-0.25, -0.2) is 0 Å². The van der Waals surface area contributed by atoms with Crippen molar-refractivity contribution < 1.29 is 4.74 Å². The van der Waals surface area contributed by atoms with Crippen LogP contribution in [0.25, 0.3) is 0 Å². The zero-order chi connectivity index (χ0) is 18.4. The van der Waals surface area contributed by atoms with Crippen molar-refractivity contribution in [1.82, 2.24) is 14.9 Å². The highest BCUT2D eigenvalue weighted by molar-refractivity contribution is 5.41. The lowest BCUT2D eigenvalue weighted by atomic mass is 9.62. The molecule has 0 unspecified atom stereocenters. The van der Waals surface area contributed by atoms with E-state index in [9.17, 15) is 9.59 Å². The summed E-state index contributed by atoms with van der Waals surface area (Å²) in [7, 11) is 1.76. The predicted octanol–water partition coefficient (Wildman–Crippen LogP) is 0.995. The number of aromatic nitrogens is 2. The largest absolute Gasteiger partial charge is 0.493 e. The maximum atomic E-state index is 11.9. The molecule has 1 saturated carbocycles. The molecule has 0 atom stereocenters. The molecular formula is C19H24N4O3. The van der Waals surface area contributed by atoms with Crippen LogP contribution in [0, 0.1) is 12.3 Å². The standard InChI is InChI=1S/C19H24N4O3/c1-13-6-14(7-16(24)23(13)2)26-12-18-8-19(9-18,22-10-18)11-21-15-4-3-5-20-17(15)25/h3-7,21-22H,8-12H2,1-2H3,(H,20,25). The van der Waals surface area contributed by atoms with Crippen molar-refractivity contribution in [2.45, 2.75) is 25.3 Å². The molecule has 2 aromatic rings. The van der Waals surface area contributed by atoms with E-state index in [-0.39, 0.29) is 22.1 Å². The van der Waals surface area contributed by atoms with Crippen LogP contribution in [-0.4, -0.2) is 34.8 Å². The van der Waals surface area contributed by atoms with Crippen LogP contribution < -0.4 is 26.5 Å². The van der Waals surface area contributed by atoms with Gasteiger partial charge in [-0.2, -0.15) is 0 Å². The molecule has 0 aromatic carbocycles. The molecule has 2 aliphatic heterocycles. The first-order chi connectivity index (χ1) is 12.4. The Hall–Kier alpha value is -2.54. The molecule has 3 N–H and O–H groups in total. The van der Waals surface area contributed by atoms with Crippen molar-refractivity contribution >= 4 is 5.69 Å². The highest BCUT2D eigenvalue weighted by atomic mass is 16.5. The molecular weight excluding hydrogens is 332 g/mol. The zero-order valence-corrected chi connectivity index (χ0v) is 15.1. The summed E-state index contributed by atoms with van der Waals surface area (Å²) < 4.78 is 7.55. The molecule has 7 heteroatoms. The Labute approximate surface area is 151 Å². The van der Waals surface area contributed by atoms with Gasteiger partial charge >= 0.3 is 0 Å². The molecule has 3 aliphatic rings. The molecule has 2 aromatic heterocycles. The molecule has 0 radical (unpaired) electrons. The predicted molar refractivity (Wildman–Crippen MR) is 99.9 cm³/mol. The average molecular weight is 356 g/mol. The third-order valence-electron chi connectivity index (χ3n) is 5.72. The molecule has 5 rings (SSSR count). The number of pyridine rings is 2. The van der Waals surface area contributed by atoms with Gasteiger partial charge in [-0.15, -0.1) is 0 Å². The van der Waals surface area contributed by atoms with E-state index in [0.29, 0.717) is 24.6 Å². The van der Waals surface area contributed by atoms with E-state index in [1.165, 1.54) is 0 Å². The maximum absolute atomic E-state index is 11.9. The Morgan fingerprint density at radius 3 is 2.85 bits per heavy atom. The molecule has 1 aliphatic carbocycles. The minimum Gasteiger partial charge on any atom is -0.493 e. The van der Waals surface area contributed by atoms with E-state index in [1.54, 1.807) is 29.9 Å². The number of aromatic amines is 1. The molecule has 138 valence electrons. The summed E-state index contributed by atoms with van der Waals surface area (Å²) >= 11 is 0. The zero-order valence-electron chi connectivity index (χ0n) is 15.1. The fraction of sp³-hybridized carbons (Fsp3) is 0.474. The second kappa shape index (κ2) is 6.02. The number of H-pyrrole nitrogens is 1. The molecule has 2 bridgehead atoms. The molecule has 4 heterocycles. The van der Waals surface area contributed by atoms with E-state index in [1.807, 2.05) is 19.1 Å². The van der Waals surface area contributed by atoms with Gasteiger partial charge in [-0.1, -0.05) is 0 Å². The molecule has 26 heavy (non-hydrogen) atoms. The van der Waals surface area contributed by atoms with E-state index < -0.39 is 0 Å². The highest BCUT2D eigenvalue weighted by Crippen LogP contribution is 2.53. The smallest absolute Gasteiger partial charge is 0.271 e. The summed E-state index contributed by atoms with van der Waals surface area (Å²) in [6.07, 6.45) is 3.63. The van der Waals surface area contributed by atoms with Gasteiger partial charge in [-0.05, 0) is 38.0 Å². The molecule has 0 spiro atoms. The molecule has 3 fully saturated rings. The normalized spacial score (nSPS) is 26.4. The number of ether oxygens (including phenoxy) is 1. The lowest BCUT2D eigenvalue weighted by Gasteiger charge is -2.46. The summed E-state index contributed by atoms with van der Waals surface area (Å²) in [5, 5.41) is 6.84. The van der Waals surface area contributed by atoms with Crippen LogP contribution >= 0.6 is 0 Å². The lowest BCUT2D eigenvalue weighted by Crippen LogP contribution is -2.54. The number of anilines is 1. The van der Waals surface area contributed by atoms with Crippen molar-refractivity contribution in [3.05, 3.63) is 56.9 Å². The van der Waals surface area contributed by atoms with E-state index in [0.717, 1.165) is 25.1 Å². The lowest BCUT2D eigenvalue weighted by molar-refractivity contribution is 0.0599. The minimum absolute atomic E-state index is 0.0222. The first-order valence-corrected chi connectivity index (χ1v) is 8.88. The van der Waals surface area contributed by atoms with E-state index in [2.05, 4.69) is 15.6 Å². The molecule has 0 amide bonds. The van der Waals surface area contributed by atoms with Gasteiger partial charge in [0.2, 0.25) is 0 Å². The summed E-state index contributed by atoms with van der Waals surface area (Å²) in [6, 6.07) is 7.04. The van der Waals surface area contributed by atoms with Gasteiger partial charge in [0.25, 0.3) is 11.1 Å². The van der Waals surface area contributed by atoms with Crippen molar-refractivity contribution in [3.63, 3.8) is 0 Å². The fourth-order valence-corrected chi connectivity index (χ4v) is 4.23. The number of fused-ring (bicyclic) bond motifs is 1. The second-order valence-corrected chi connectivity index (χ2v) is 7.77. The van der Waals surface area contributed by atoms with Crippen molar-refractivity contribution in [2.24, 2.45) is 12.5 Å². The Kier molecular flexibility index (Phi) is 3.91. The van der Waals surface area contributed by atoms with E-state index >= 15 is 0 Å². The third kappa shape index (κ3) is 2.92. The first kappa shape index (κ1) is 16.9. The van der Waals surface area contributed by atoms with Crippen LogP contribution in [0.5, 0.6) is 5.75 Å². The minimum atomic E-state index is -0.100. The number of rotatable bonds is 6. The van der Waals surface area contributed by atoms with Crippen LogP contribution in [0.1, 0.15) is 18.5 Å². The Morgan fingerprint density at radius 1 is 1.31 bits per heavy atom. The topological polar surface area (TPSA) is 88.2 Å². The van der Waals surface area contributed by atoms with Crippen LogP contribution in [0.3, 0.4) is 0 Å². The van der Waals surface area contributed by atoms with Crippen molar-refractivity contribution in [2.75, 3.05) is 25.0 Å². The van der Waals surface area contributed by atoms with Gasteiger partial charge in [0.05, 0.1) is 6.61 Å². The number of nitrogens with zero attached hydrogens (tertiary/aromatic N) is 1. The Balaban J connectivity index is 1.35. The van der Waals surface area contributed by atoms with Crippen LogP contribution in [0.4, 0.5) is 5.69 Å². The summed E-state index contributed by atoms with van der Waals surface area (Å²) in [4.78, 5) is 26.3. The Morgan fingerprint density at radius 2 is 2.12 bits per heavy atom. The number of hydrogen-bond acceptors (Lipinski definition) is 5. The number of hydrogen-bond donors (Lipinski definition) is 3. The van der Waals surface area contributed by atoms with Gasteiger partial charge < -0.3 is 24.9 Å². The van der Waals surface area contributed by atoms with Gasteiger partial charge in [0.15, 0.2) is 0 Å². The van der Waals surface area contributed by atoms with Gasteiger partial charge in [0, 0.05) is 49.0 Å². The average Bonchev–Trinajstić information content (AvgIpc) is 3.13. The Bertz CT molecular complexity index is 940. The summed E-state index contributed by atoms with van der Waals surface area (Å²) in [5.41, 5.74) is 1.46. The third-order valence-corrected chi connectivity index (χ3v) is 5.72. The molecule has 2 saturated heterocycles. The molecule has 7 nitrogen and oxygen atoms in total. The van der Waals surface area contributed by atoms with Crippen LogP contribution in [0.15, 0.2) is 40.1 Å². The second-order valence-electron chi connectivity index (χ2n) is 7.77.